The molecule has 0 bridgehead atoms. The van der Waals surface area contributed by atoms with Gasteiger partial charge in [0.2, 0.25) is 5.91 Å². The molecule has 190 valence electrons. The van der Waals surface area contributed by atoms with Crippen molar-refractivity contribution >= 4 is 46.4 Å². The molecule has 4 rings (SSSR count). The molecule has 0 aliphatic carbocycles. The van der Waals surface area contributed by atoms with Gasteiger partial charge in [-0.15, -0.1) is 0 Å². The van der Waals surface area contributed by atoms with Crippen LogP contribution in [0.1, 0.15) is 23.6 Å². The van der Waals surface area contributed by atoms with Gasteiger partial charge in [0, 0.05) is 11.4 Å². The van der Waals surface area contributed by atoms with Crippen LogP contribution in [0, 0.1) is 0 Å². The SMILES string of the molecule is CCc1ccc(NC(=O)Cc2ccc(NC3=C(Cl)C(=O)N(c4cccc(C(F)(F)F)c4)C3=O)cc2)cc1. The average Bonchev–Trinajstić information content (AvgIpc) is 3.08. The Hall–Kier alpha value is -4.11. The molecule has 0 saturated heterocycles. The van der Waals surface area contributed by atoms with Crippen molar-refractivity contribution in [3.05, 3.63) is 100 Å². The molecule has 3 amide bonds. The van der Waals surface area contributed by atoms with E-state index in [4.69, 9.17) is 11.6 Å². The predicted octanol–water partition coefficient (Wildman–Crippen LogP) is 5.88. The summed E-state index contributed by atoms with van der Waals surface area (Å²) in [5.41, 5.74) is 1.46. The number of anilines is 3. The minimum atomic E-state index is -4.64. The van der Waals surface area contributed by atoms with Crippen LogP contribution in [0.15, 0.2) is 83.5 Å². The third-order valence-electron chi connectivity index (χ3n) is 5.69. The summed E-state index contributed by atoms with van der Waals surface area (Å²) in [6.07, 6.45) is -3.63. The summed E-state index contributed by atoms with van der Waals surface area (Å²) in [6, 6.07) is 18.0. The van der Waals surface area contributed by atoms with Gasteiger partial charge in [0.25, 0.3) is 11.8 Å². The molecule has 3 aromatic carbocycles. The van der Waals surface area contributed by atoms with Crippen LogP contribution in [0.5, 0.6) is 0 Å². The number of carbonyl (C=O) groups is 3. The normalized spacial score (nSPS) is 13.8. The highest BCUT2D eigenvalue weighted by atomic mass is 35.5. The van der Waals surface area contributed by atoms with Crippen LogP contribution in [0.3, 0.4) is 0 Å². The Morgan fingerprint density at radius 2 is 1.51 bits per heavy atom. The first kappa shape index (κ1) is 26.0. The van der Waals surface area contributed by atoms with E-state index in [-0.39, 0.29) is 23.7 Å². The summed E-state index contributed by atoms with van der Waals surface area (Å²) < 4.78 is 39.2. The second-order valence-corrected chi connectivity index (χ2v) is 8.66. The minimum absolute atomic E-state index is 0.111. The molecule has 0 fully saturated rings. The first-order valence-electron chi connectivity index (χ1n) is 11.3. The predicted molar refractivity (Wildman–Crippen MR) is 135 cm³/mol. The van der Waals surface area contributed by atoms with Crippen molar-refractivity contribution in [3.63, 3.8) is 0 Å². The van der Waals surface area contributed by atoms with Gasteiger partial charge >= 0.3 is 6.18 Å². The number of nitrogens with zero attached hydrogens (tertiary/aromatic N) is 1. The molecule has 6 nitrogen and oxygen atoms in total. The number of imide groups is 1. The van der Waals surface area contributed by atoms with Crippen molar-refractivity contribution in [1.29, 1.82) is 0 Å². The van der Waals surface area contributed by atoms with Gasteiger partial charge < -0.3 is 10.6 Å². The quantitative estimate of drug-likeness (QED) is 0.376. The molecule has 2 N–H and O–H groups in total. The highest BCUT2D eigenvalue weighted by molar-refractivity contribution is 6.53. The molecule has 10 heteroatoms. The van der Waals surface area contributed by atoms with Crippen LogP contribution < -0.4 is 15.5 Å². The van der Waals surface area contributed by atoms with E-state index in [0.717, 1.165) is 24.1 Å². The van der Waals surface area contributed by atoms with Gasteiger partial charge in [0.1, 0.15) is 10.7 Å². The number of rotatable bonds is 7. The van der Waals surface area contributed by atoms with E-state index in [1.165, 1.54) is 6.07 Å². The zero-order valence-electron chi connectivity index (χ0n) is 19.5. The molecule has 0 spiro atoms. The smallest absolute Gasteiger partial charge is 0.350 e. The fraction of sp³-hybridized carbons (Fsp3) is 0.148. The lowest BCUT2D eigenvalue weighted by atomic mass is 10.1. The summed E-state index contributed by atoms with van der Waals surface area (Å²) >= 11 is 6.07. The van der Waals surface area contributed by atoms with Crippen LogP contribution >= 0.6 is 11.6 Å². The van der Waals surface area contributed by atoms with Gasteiger partial charge in [-0.2, -0.15) is 13.2 Å². The van der Waals surface area contributed by atoms with Crippen molar-refractivity contribution in [2.24, 2.45) is 0 Å². The molecule has 0 unspecified atom stereocenters. The molecule has 37 heavy (non-hydrogen) atoms. The Balaban J connectivity index is 1.42. The molecule has 1 aliphatic rings. The number of halogens is 4. The monoisotopic (exact) mass is 527 g/mol. The highest BCUT2D eigenvalue weighted by Gasteiger charge is 2.40. The van der Waals surface area contributed by atoms with Gasteiger partial charge in [-0.1, -0.05) is 48.9 Å². The van der Waals surface area contributed by atoms with Crippen molar-refractivity contribution in [2.75, 3.05) is 15.5 Å². The van der Waals surface area contributed by atoms with Gasteiger partial charge in [-0.3, -0.25) is 14.4 Å². The Bertz CT molecular complexity index is 1380. The lowest BCUT2D eigenvalue weighted by Crippen LogP contribution is -2.32. The van der Waals surface area contributed by atoms with E-state index in [1.807, 2.05) is 31.2 Å². The minimum Gasteiger partial charge on any atom is -0.350 e. The zero-order chi connectivity index (χ0) is 26.7. The lowest BCUT2D eigenvalue weighted by molar-refractivity contribution is -0.137. The van der Waals surface area contributed by atoms with E-state index in [9.17, 15) is 27.6 Å². The highest BCUT2D eigenvalue weighted by Crippen LogP contribution is 2.35. The van der Waals surface area contributed by atoms with Crippen LogP contribution in [-0.4, -0.2) is 17.7 Å². The Labute approximate surface area is 215 Å². The summed E-state index contributed by atoms with van der Waals surface area (Å²) in [5.74, 6) is -2.02. The molecule has 1 heterocycles. The number of nitrogens with one attached hydrogen (secondary N) is 2. The maximum atomic E-state index is 13.1. The van der Waals surface area contributed by atoms with Crippen LogP contribution in [-0.2, 0) is 33.4 Å². The number of amides is 3. The summed E-state index contributed by atoms with van der Waals surface area (Å²) in [7, 11) is 0. The number of carbonyl (C=O) groups excluding carboxylic acids is 3. The number of hydrogen-bond donors (Lipinski definition) is 2. The molecular formula is C27H21ClF3N3O3. The molecule has 0 aromatic heterocycles. The van der Waals surface area contributed by atoms with Crippen molar-refractivity contribution in [2.45, 2.75) is 25.9 Å². The first-order valence-corrected chi connectivity index (χ1v) is 11.6. The van der Waals surface area contributed by atoms with E-state index in [2.05, 4.69) is 10.6 Å². The topological polar surface area (TPSA) is 78.5 Å². The van der Waals surface area contributed by atoms with Crippen LogP contribution in [0.25, 0.3) is 0 Å². The zero-order valence-corrected chi connectivity index (χ0v) is 20.3. The molecule has 3 aromatic rings. The van der Waals surface area contributed by atoms with Gasteiger partial charge in [-0.05, 0) is 60.0 Å². The lowest BCUT2D eigenvalue weighted by Gasteiger charge is -2.17. The van der Waals surface area contributed by atoms with Gasteiger partial charge in [-0.25, -0.2) is 4.90 Å². The van der Waals surface area contributed by atoms with Crippen molar-refractivity contribution < 1.29 is 27.6 Å². The Kier molecular flexibility index (Phi) is 7.35. The van der Waals surface area contributed by atoms with E-state index in [1.54, 1.807) is 24.3 Å². The maximum absolute atomic E-state index is 13.1. The largest absolute Gasteiger partial charge is 0.416 e. The average molecular weight is 528 g/mol. The van der Waals surface area contributed by atoms with E-state index < -0.39 is 28.6 Å². The van der Waals surface area contributed by atoms with E-state index >= 15 is 0 Å². The summed E-state index contributed by atoms with van der Waals surface area (Å²) in [4.78, 5) is 38.4. The van der Waals surface area contributed by atoms with E-state index in [0.29, 0.717) is 27.9 Å². The third-order valence-corrected chi connectivity index (χ3v) is 6.04. The second kappa shape index (κ2) is 10.5. The molecule has 0 radical (unpaired) electrons. The number of alkyl halides is 3. The molecule has 0 atom stereocenters. The third kappa shape index (κ3) is 5.83. The fourth-order valence-corrected chi connectivity index (χ4v) is 3.94. The van der Waals surface area contributed by atoms with Crippen LogP contribution in [0.4, 0.5) is 30.2 Å². The number of aryl methyl sites for hydroxylation is 1. The Morgan fingerprint density at radius 3 is 2.14 bits per heavy atom. The van der Waals surface area contributed by atoms with Gasteiger partial charge in [0.15, 0.2) is 0 Å². The second-order valence-electron chi connectivity index (χ2n) is 8.28. The number of hydrogen-bond acceptors (Lipinski definition) is 4. The van der Waals surface area contributed by atoms with Crippen molar-refractivity contribution in [3.8, 4) is 0 Å². The van der Waals surface area contributed by atoms with Crippen LogP contribution in [0.2, 0.25) is 0 Å². The molecule has 0 saturated carbocycles. The van der Waals surface area contributed by atoms with Crippen molar-refractivity contribution in [1.82, 2.24) is 0 Å². The fourth-order valence-electron chi connectivity index (χ4n) is 3.73. The number of benzene rings is 3. The summed E-state index contributed by atoms with van der Waals surface area (Å²) in [6.45, 7) is 2.05. The molecule has 1 aliphatic heterocycles. The maximum Gasteiger partial charge on any atom is 0.416 e. The standard InChI is InChI=1S/C27H21ClF3N3O3/c1-2-16-6-10-19(11-7-16)32-22(35)14-17-8-12-20(13-9-17)33-24-23(28)25(36)34(26(24)37)21-5-3-4-18(15-21)27(29,30)31/h3-13,15,33H,2,14H2,1H3,(H,32,35). The molecular weight excluding hydrogens is 507 g/mol. The Morgan fingerprint density at radius 1 is 0.892 bits per heavy atom. The first-order chi connectivity index (χ1) is 17.6. The van der Waals surface area contributed by atoms with Gasteiger partial charge in [0.05, 0.1) is 17.7 Å². The summed E-state index contributed by atoms with van der Waals surface area (Å²) in [5, 5.41) is 5.14.